The van der Waals surface area contributed by atoms with E-state index < -0.39 is 0 Å². The maximum atomic E-state index is 13.1. The van der Waals surface area contributed by atoms with Gasteiger partial charge in [0.2, 0.25) is 0 Å². The Labute approximate surface area is 170 Å². The molecule has 1 aliphatic heterocycles. The summed E-state index contributed by atoms with van der Waals surface area (Å²) in [5.74, 6) is 0.449. The standard InChI is InChI=1S/C22H26FN3O3/c1-15(2)24-22(27)26(13-16-5-4-6-19(11-16)28-3)14-20-12-21(25-29-20)17-7-9-18(23)10-8-17/h4-11,15,20H,12-14H2,1-3H3,(H,24,27). The Bertz CT molecular complexity index is 868. The van der Waals surface area contributed by atoms with Crippen molar-refractivity contribution in [2.24, 2.45) is 5.16 Å². The number of carbonyl (C=O) groups is 1. The number of oxime groups is 1. The van der Waals surface area contributed by atoms with Crippen LogP contribution in [0, 0.1) is 5.82 Å². The molecule has 0 saturated heterocycles. The van der Waals surface area contributed by atoms with E-state index in [2.05, 4.69) is 10.5 Å². The Balaban J connectivity index is 1.68. The molecule has 1 atom stereocenters. The Hall–Kier alpha value is -3.09. The maximum Gasteiger partial charge on any atom is 0.318 e. The van der Waals surface area contributed by atoms with Crippen molar-refractivity contribution in [1.82, 2.24) is 10.2 Å². The molecule has 0 saturated carbocycles. The van der Waals surface area contributed by atoms with Crippen molar-refractivity contribution in [3.05, 3.63) is 65.5 Å². The Morgan fingerprint density at radius 3 is 2.76 bits per heavy atom. The summed E-state index contributed by atoms with van der Waals surface area (Å²) in [6.07, 6.45) is 0.286. The van der Waals surface area contributed by atoms with E-state index in [1.165, 1.54) is 12.1 Å². The van der Waals surface area contributed by atoms with Crippen LogP contribution in [0.1, 0.15) is 31.4 Å². The highest BCUT2D eigenvalue weighted by Crippen LogP contribution is 2.20. The number of nitrogens with zero attached hydrogens (tertiary/aromatic N) is 2. The van der Waals surface area contributed by atoms with Crippen molar-refractivity contribution in [2.45, 2.75) is 39.0 Å². The van der Waals surface area contributed by atoms with Gasteiger partial charge < -0.3 is 19.8 Å². The smallest absolute Gasteiger partial charge is 0.318 e. The van der Waals surface area contributed by atoms with Crippen LogP contribution >= 0.6 is 0 Å². The molecule has 6 nitrogen and oxygen atoms in total. The van der Waals surface area contributed by atoms with Gasteiger partial charge in [-0.05, 0) is 49.2 Å². The largest absolute Gasteiger partial charge is 0.497 e. The van der Waals surface area contributed by atoms with Crippen LogP contribution in [-0.2, 0) is 11.4 Å². The fourth-order valence-corrected chi connectivity index (χ4v) is 3.13. The van der Waals surface area contributed by atoms with Crippen molar-refractivity contribution in [3.63, 3.8) is 0 Å². The van der Waals surface area contributed by atoms with E-state index in [-0.39, 0.29) is 24.0 Å². The highest BCUT2D eigenvalue weighted by atomic mass is 19.1. The molecule has 154 valence electrons. The maximum absolute atomic E-state index is 13.1. The molecule has 0 aromatic heterocycles. The molecule has 7 heteroatoms. The van der Waals surface area contributed by atoms with Crippen LogP contribution in [0.15, 0.2) is 53.7 Å². The number of ether oxygens (including phenoxy) is 1. The van der Waals surface area contributed by atoms with Gasteiger partial charge in [0.1, 0.15) is 11.6 Å². The number of methoxy groups -OCH3 is 1. The van der Waals surface area contributed by atoms with Crippen molar-refractivity contribution in [1.29, 1.82) is 0 Å². The second-order valence-corrected chi connectivity index (χ2v) is 7.31. The lowest BCUT2D eigenvalue weighted by Crippen LogP contribution is -2.45. The molecule has 0 aliphatic carbocycles. The lowest BCUT2D eigenvalue weighted by Gasteiger charge is -2.26. The zero-order valence-electron chi connectivity index (χ0n) is 16.9. The molecule has 1 heterocycles. The molecule has 1 aliphatic rings. The monoisotopic (exact) mass is 399 g/mol. The van der Waals surface area contributed by atoms with E-state index in [9.17, 15) is 9.18 Å². The van der Waals surface area contributed by atoms with Crippen molar-refractivity contribution < 1.29 is 18.8 Å². The van der Waals surface area contributed by atoms with Gasteiger partial charge in [-0.3, -0.25) is 0 Å². The SMILES string of the molecule is COc1cccc(CN(CC2CC(c3ccc(F)cc3)=NO2)C(=O)NC(C)C)c1. The Kier molecular flexibility index (Phi) is 6.69. The van der Waals surface area contributed by atoms with Crippen LogP contribution in [0.25, 0.3) is 0 Å². The molecule has 1 unspecified atom stereocenters. The summed E-state index contributed by atoms with van der Waals surface area (Å²) in [7, 11) is 1.61. The van der Waals surface area contributed by atoms with Crippen molar-refractivity contribution in [2.75, 3.05) is 13.7 Å². The second kappa shape index (κ2) is 9.41. The molecule has 2 aromatic carbocycles. The normalized spacial score (nSPS) is 15.6. The first kappa shape index (κ1) is 20.6. The van der Waals surface area contributed by atoms with Crippen molar-refractivity contribution in [3.8, 4) is 5.75 Å². The summed E-state index contributed by atoms with van der Waals surface area (Å²) in [6.45, 7) is 4.64. The first-order valence-corrected chi connectivity index (χ1v) is 9.61. The van der Waals surface area contributed by atoms with Crippen LogP contribution in [0.5, 0.6) is 5.75 Å². The summed E-state index contributed by atoms with van der Waals surface area (Å²) in [5, 5.41) is 7.08. The molecule has 2 amide bonds. The summed E-state index contributed by atoms with van der Waals surface area (Å²) in [6, 6.07) is 13.6. The number of benzene rings is 2. The predicted octanol–water partition coefficient (Wildman–Crippen LogP) is 3.95. The Morgan fingerprint density at radius 1 is 1.31 bits per heavy atom. The minimum absolute atomic E-state index is 0.0193. The topological polar surface area (TPSA) is 63.2 Å². The van der Waals surface area contributed by atoms with Gasteiger partial charge in [-0.25, -0.2) is 9.18 Å². The number of nitrogens with one attached hydrogen (secondary N) is 1. The van der Waals surface area contributed by atoms with Crippen LogP contribution in [0.2, 0.25) is 0 Å². The van der Waals surface area contributed by atoms with Gasteiger partial charge in [0.15, 0.2) is 6.10 Å². The minimum Gasteiger partial charge on any atom is -0.497 e. The van der Waals surface area contributed by atoms with Gasteiger partial charge in [-0.1, -0.05) is 29.4 Å². The molecule has 1 N–H and O–H groups in total. The number of rotatable bonds is 7. The third kappa shape index (κ3) is 5.70. The fourth-order valence-electron chi connectivity index (χ4n) is 3.13. The van der Waals surface area contributed by atoms with Crippen LogP contribution in [0.4, 0.5) is 9.18 Å². The molecular weight excluding hydrogens is 373 g/mol. The number of carbonyl (C=O) groups excluding carboxylic acids is 1. The highest BCUT2D eigenvalue weighted by molar-refractivity contribution is 6.01. The minimum atomic E-state index is -0.292. The summed E-state index contributed by atoms with van der Waals surface area (Å²) in [5.41, 5.74) is 2.53. The molecule has 3 rings (SSSR count). The summed E-state index contributed by atoms with van der Waals surface area (Å²) in [4.78, 5) is 20.0. The quantitative estimate of drug-likeness (QED) is 0.767. The third-order valence-corrected chi connectivity index (χ3v) is 4.54. The Morgan fingerprint density at radius 2 is 2.07 bits per heavy atom. The zero-order valence-corrected chi connectivity index (χ0v) is 16.9. The second-order valence-electron chi connectivity index (χ2n) is 7.31. The first-order valence-electron chi connectivity index (χ1n) is 9.61. The van der Waals surface area contributed by atoms with E-state index in [1.807, 2.05) is 38.1 Å². The lowest BCUT2D eigenvalue weighted by atomic mass is 10.0. The zero-order chi connectivity index (χ0) is 20.8. The molecule has 0 fully saturated rings. The third-order valence-electron chi connectivity index (χ3n) is 4.54. The average Bonchev–Trinajstić information content (AvgIpc) is 3.16. The number of hydrogen-bond donors (Lipinski definition) is 1. The van der Waals surface area contributed by atoms with Crippen molar-refractivity contribution >= 4 is 11.7 Å². The molecule has 0 bridgehead atoms. The van der Waals surface area contributed by atoms with Gasteiger partial charge in [-0.15, -0.1) is 0 Å². The van der Waals surface area contributed by atoms with E-state index in [4.69, 9.17) is 9.57 Å². The lowest BCUT2D eigenvalue weighted by molar-refractivity contribution is 0.0586. The van der Waals surface area contributed by atoms with Gasteiger partial charge in [0.05, 0.1) is 19.4 Å². The molecular formula is C22H26FN3O3. The van der Waals surface area contributed by atoms with Crippen LogP contribution in [-0.4, -0.2) is 42.4 Å². The van der Waals surface area contributed by atoms with Gasteiger partial charge in [0, 0.05) is 19.0 Å². The van der Waals surface area contributed by atoms with E-state index in [0.717, 1.165) is 22.6 Å². The molecule has 0 spiro atoms. The first-order chi connectivity index (χ1) is 13.9. The number of amides is 2. The number of halogens is 1. The molecule has 0 radical (unpaired) electrons. The van der Waals surface area contributed by atoms with Gasteiger partial charge >= 0.3 is 6.03 Å². The predicted molar refractivity (Wildman–Crippen MR) is 109 cm³/mol. The van der Waals surface area contributed by atoms with Crippen LogP contribution in [0.3, 0.4) is 0 Å². The molecule has 2 aromatic rings. The fraction of sp³-hybridized carbons (Fsp3) is 0.364. The number of urea groups is 1. The van der Waals surface area contributed by atoms with E-state index >= 15 is 0 Å². The summed E-state index contributed by atoms with van der Waals surface area (Å²) >= 11 is 0. The highest BCUT2D eigenvalue weighted by Gasteiger charge is 2.27. The average molecular weight is 399 g/mol. The van der Waals surface area contributed by atoms with Gasteiger partial charge in [-0.2, -0.15) is 0 Å². The van der Waals surface area contributed by atoms with Gasteiger partial charge in [0.25, 0.3) is 0 Å². The molecule has 29 heavy (non-hydrogen) atoms. The van der Waals surface area contributed by atoms with E-state index in [1.54, 1.807) is 24.1 Å². The summed E-state index contributed by atoms with van der Waals surface area (Å²) < 4.78 is 18.4. The van der Waals surface area contributed by atoms with Crippen LogP contribution < -0.4 is 10.1 Å². The van der Waals surface area contributed by atoms with E-state index in [0.29, 0.717) is 19.5 Å². The number of hydrogen-bond acceptors (Lipinski definition) is 4.